The molecule has 2 heterocycles. The molecular weight excluding hydrogens is 377 g/mol. The number of fused-ring (bicyclic) bond motifs is 2. The first-order chi connectivity index (χ1) is 11.6. The fourth-order valence-corrected chi connectivity index (χ4v) is 4.63. The number of phosphoric acid groups is 1. The average Bonchev–Trinajstić information content (AvgIpc) is 2.82. The number of nitrogen functional groups attached to an aromatic ring is 1. The highest BCUT2D eigenvalue weighted by molar-refractivity contribution is 7.46. The lowest BCUT2D eigenvalue weighted by atomic mass is 10.00. The number of aliphatic hydroxyl groups is 2. The SMILES string of the molecule is Nc1nc(Cl)nc2c1ncn2C12C[C@H](O)[C@H](O)C1(COP(=O)(O)O)C2. The van der Waals surface area contributed by atoms with Crippen molar-refractivity contribution >= 4 is 36.4 Å². The van der Waals surface area contributed by atoms with Gasteiger partial charge in [-0.1, -0.05) is 0 Å². The Morgan fingerprint density at radius 3 is 2.84 bits per heavy atom. The van der Waals surface area contributed by atoms with Gasteiger partial charge >= 0.3 is 7.82 Å². The minimum atomic E-state index is -4.74. The van der Waals surface area contributed by atoms with Crippen molar-refractivity contribution in [2.45, 2.75) is 30.6 Å². The van der Waals surface area contributed by atoms with Crippen molar-refractivity contribution in [3.05, 3.63) is 11.6 Å². The Labute approximate surface area is 145 Å². The minimum absolute atomic E-state index is 0.0834. The van der Waals surface area contributed by atoms with Gasteiger partial charge in [-0.25, -0.2) is 9.55 Å². The molecular formula is C12H15ClN5O6P. The minimum Gasteiger partial charge on any atom is -0.390 e. The van der Waals surface area contributed by atoms with Gasteiger partial charge in [0.15, 0.2) is 11.5 Å². The van der Waals surface area contributed by atoms with E-state index in [9.17, 15) is 14.8 Å². The van der Waals surface area contributed by atoms with Crippen LogP contribution >= 0.6 is 19.4 Å². The monoisotopic (exact) mass is 391 g/mol. The molecule has 0 aromatic carbocycles. The summed E-state index contributed by atoms with van der Waals surface area (Å²) in [6.07, 6.45) is -0.389. The van der Waals surface area contributed by atoms with E-state index in [-0.39, 0.29) is 17.5 Å². The van der Waals surface area contributed by atoms with Crippen LogP contribution in [0.5, 0.6) is 0 Å². The third-order valence-corrected chi connectivity index (χ3v) is 5.87. The summed E-state index contributed by atoms with van der Waals surface area (Å²) in [6, 6.07) is 0. The van der Waals surface area contributed by atoms with Crippen molar-refractivity contribution in [1.29, 1.82) is 0 Å². The maximum Gasteiger partial charge on any atom is 0.469 e. The van der Waals surface area contributed by atoms with Gasteiger partial charge in [-0.2, -0.15) is 9.97 Å². The molecule has 13 heteroatoms. The number of hydrogen-bond donors (Lipinski definition) is 5. The lowest BCUT2D eigenvalue weighted by Crippen LogP contribution is -2.33. The smallest absolute Gasteiger partial charge is 0.390 e. The number of nitrogens with two attached hydrogens (primary N) is 1. The number of rotatable bonds is 4. The Bertz CT molecular complexity index is 919. The average molecular weight is 392 g/mol. The first kappa shape index (κ1) is 17.1. The van der Waals surface area contributed by atoms with E-state index in [1.165, 1.54) is 6.33 Å². The summed E-state index contributed by atoms with van der Waals surface area (Å²) in [5.74, 6) is 0.0851. The third-order valence-electron chi connectivity index (χ3n) is 5.23. The zero-order valence-electron chi connectivity index (χ0n) is 12.7. The first-order valence-electron chi connectivity index (χ1n) is 7.32. The van der Waals surface area contributed by atoms with Crippen LogP contribution in [0.2, 0.25) is 5.28 Å². The number of hydrogen-bond acceptors (Lipinski definition) is 8. The predicted molar refractivity (Wildman–Crippen MR) is 84.4 cm³/mol. The molecule has 0 radical (unpaired) electrons. The van der Waals surface area contributed by atoms with E-state index >= 15 is 0 Å². The Balaban J connectivity index is 1.81. The second kappa shape index (κ2) is 5.10. The van der Waals surface area contributed by atoms with Crippen LogP contribution in [0.4, 0.5) is 5.82 Å². The number of aromatic nitrogens is 4. The van der Waals surface area contributed by atoms with Crippen LogP contribution in [-0.4, -0.2) is 58.3 Å². The van der Waals surface area contributed by atoms with Crippen LogP contribution < -0.4 is 5.73 Å². The fourth-order valence-electron chi connectivity index (χ4n) is 4.06. The quantitative estimate of drug-likeness (QED) is 0.333. The predicted octanol–water partition coefficient (Wildman–Crippen LogP) is -0.618. The van der Waals surface area contributed by atoms with Gasteiger partial charge in [0.25, 0.3) is 0 Å². The van der Waals surface area contributed by atoms with E-state index in [1.54, 1.807) is 4.57 Å². The van der Waals surface area contributed by atoms with Crippen molar-refractivity contribution in [1.82, 2.24) is 19.5 Å². The van der Waals surface area contributed by atoms with Crippen LogP contribution in [-0.2, 0) is 14.6 Å². The fraction of sp³-hybridized carbons (Fsp3) is 0.583. The Hall–Kier alpha value is -1.33. The van der Waals surface area contributed by atoms with E-state index in [1.807, 2.05) is 0 Å². The highest BCUT2D eigenvalue weighted by Crippen LogP contribution is 2.72. The lowest BCUT2D eigenvalue weighted by molar-refractivity contribution is -0.0187. The van der Waals surface area contributed by atoms with E-state index in [0.717, 1.165) is 0 Å². The standard InChI is InChI=1S/C12H15ClN5O6P/c13-10-16-8(14)6-9(17-10)18(4-15-6)12-1-5(19)7(20)11(12,2-12)3-24-25(21,22)23/h4-5,7,19-20H,1-3H2,(H2,14,16,17)(H2,21,22,23)/t5-,7-,11?,12?/m0/s1. The normalized spacial score (nSPS) is 34.4. The summed E-state index contributed by atoms with van der Waals surface area (Å²) >= 11 is 5.86. The van der Waals surface area contributed by atoms with Crippen molar-refractivity contribution in [2.24, 2.45) is 5.41 Å². The van der Waals surface area contributed by atoms with Crippen LogP contribution in [0.1, 0.15) is 12.8 Å². The second-order valence-corrected chi connectivity index (χ2v) is 8.09. The number of phosphoric ester groups is 1. The Kier molecular flexibility index (Phi) is 3.49. The van der Waals surface area contributed by atoms with E-state index in [4.69, 9.17) is 27.1 Å². The summed E-state index contributed by atoms with van der Waals surface area (Å²) in [6.45, 7) is -0.427. The highest BCUT2D eigenvalue weighted by atomic mass is 35.5. The molecule has 0 spiro atoms. The molecule has 4 rings (SSSR count). The third kappa shape index (κ3) is 2.32. The maximum absolute atomic E-state index is 11.1. The Morgan fingerprint density at radius 1 is 1.44 bits per heavy atom. The molecule has 0 bridgehead atoms. The molecule has 0 amide bonds. The molecule has 2 aromatic rings. The first-order valence-corrected chi connectivity index (χ1v) is 9.23. The molecule has 4 atom stereocenters. The molecule has 2 unspecified atom stereocenters. The summed E-state index contributed by atoms with van der Waals surface area (Å²) in [4.78, 5) is 30.1. The van der Waals surface area contributed by atoms with Gasteiger partial charge in [0.05, 0.1) is 30.7 Å². The maximum atomic E-state index is 11.1. The Morgan fingerprint density at radius 2 is 2.16 bits per heavy atom. The largest absolute Gasteiger partial charge is 0.469 e. The highest BCUT2D eigenvalue weighted by Gasteiger charge is 2.78. The van der Waals surface area contributed by atoms with Crippen molar-refractivity contribution in [3.8, 4) is 0 Å². The van der Waals surface area contributed by atoms with Crippen molar-refractivity contribution in [3.63, 3.8) is 0 Å². The number of imidazole rings is 1. The van der Waals surface area contributed by atoms with Gasteiger partial charge < -0.3 is 30.3 Å². The van der Waals surface area contributed by atoms with Crippen LogP contribution in [0.15, 0.2) is 6.33 Å². The molecule has 2 aliphatic rings. The molecule has 0 aliphatic heterocycles. The van der Waals surface area contributed by atoms with Gasteiger partial charge in [-0.3, -0.25) is 4.52 Å². The molecule has 2 aliphatic carbocycles. The summed E-state index contributed by atoms with van der Waals surface area (Å²) in [5.41, 5.74) is 4.48. The van der Waals surface area contributed by atoms with Crippen molar-refractivity contribution in [2.75, 3.05) is 12.3 Å². The van der Waals surface area contributed by atoms with E-state index in [0.29, 0.717) is 17.6 Å². The lowest BCUT2D eigenvalue weighted by Gasteiger charge is -2.22. The summed E-state index contributed by atoms with van der Waals surface area (Å²) in [7, 11) is -4.74. The van der Waals surface area contributed by atoms with Crippen LogP contribution in [0, 0.1) is 5.41 Å². The molecule has 0 saturated heterocycles. The molecule has 2 saturated carbocycles. The van der Waals surface area contributed by atoms with Gasteiger partial charge in [0.2, 0.25) is 5.28 Å². The topological polar surface area (TPSA) is 177 Å². The van der Waals surface area contributed by atoms with Gasteiger partial charge in [-0.15, -0.1) is 0 Å². The van der Waals surface area contributed by atoms with Crippen LogP contribution in [0.3, 0.4) is 0 Å². The zero-order chi connectivity index (χ0) is 18.2. The zero-order valence-corrected chi connectivity index (χ0v) is 14.3. The van der Waals surface area contributed by atoms with Gasteiger partial charge in [-0.05, 0) is 18.0 Å². The van der Waals surface area contributed by atoms with Gasteiger partial charge in [0.1, 0.15) is 5.52 Å². The van der Waals surface area contributed by atoms with Crippen molar-refractivity contribution < 1.29 is 29.1 Å². The molecule has 25 heavy (non-hydrogen) atoms. The molecule has 136 valence electrons. The molecule has 11 nitrogen and oxygen atoms in total. The van der Waals surface area contributed by atoms with E-state index in [2.05, 4.69) is 19.5 Å². The number of anilines is 1. The molecule has 2 fully saturated rings. The molecule has 6 N–H and O–H groups in total. The second-order valence-electron chi connectivity index (χ2n) is 6.51. The number of nitrogens with zero attached hydrogens (tertiary/aromatic N) is 4. The summed E-state index contributed by atoms with van der Waals surface area (Å²) < 4.78 is 17.3. The van der Waals surface area contributed by atoms with E-state index < -0.39 is 37.6 Å². The molecule has 2 aromatic heterocycles. The summed E-state index contributed by atoms with van der Waals surface area (Å²) in [5, 5.41) is 20.4. The number of aliphatic hydroxyl groups excluding tert-OH is 2. The van der Waals surface area contributed by atoms with Crippen LogP contribution in [0.25, 0.3) is 11.2 Å². The van der Waals surface area contributed by atoms with Gasteiger partial charge in [0, 0.05) is 11.8 Å². The number of halogens is 1.